The Labute approximate surface area is 81.5 Å². The van der Waals surface area contributed by atoms with Crippen molar-refractivity contribution < 1.29 is 9.53 Å². The minimum atomic E-state index is -0.308. The molecular weight excluding hydrogens is 186 g/mol. The van der Waals surface area contributed by atoms with E-state index >= 15 is 0 Å². The van der Waals surface area contributed by atoms with Crippen molar-refractivity contribution in [1.82, 2.24) is 0 Å². The van der Waals surface area contributed by atoms with Crippen LogP contribution in [-0.2, 0) is 4.74 Å². The van der Waals surface area contributed by atoms with Crippen LogP contribution in [0.1, 0.15) is 28.6 Å². The van der Waals surface area contributed by atoms with Crippen molar-refractivity contribution in [3.05, 3.63) is 15.8 Å². The van der Waals surface area contributed by atoms with Gasteiger partial charge in [-0.15, -0.1) is 11.3 Å². The number of carbonyl (C=O) groups is 1. The molecule has 3 nitrogen and oxygen atoms in total. The molecule has 0 aliphatic heterocycles. The van der Waals surface area contributed by atoms with Crippen LogP contribution in [0.15, 0.2) is 5.38 Å². The van der Waals surface area contributed by atoms with Crippen LogP contribution < -0.4 is 5.73 Å². The van der Waals surface area contributed by atoms with Gasteiger partial charge in [0.25, 0.3) is 0 Å². The van der Waals surface area contributed by atoms with Crippen LogP contribution in [0.4, 0.5) is 5.69 Å². The highest BCUT2D eigenvalue weighted by Crippen LogP contribution is 2.24. The summed E-state index contributed by atoms with van der Waals surface area (Å²) in [6.07, 6.45) is 0.829. The van der Waals surface area contributed by atoms with Gasteiger partial charge in [-0.1, -0.05) is 6.92 Å². The van der Waals surface area contributed by atoms with Gasteiger partial charge in [-0.2, -0.15) is 0 Å². The fourth-order valence-corrected chi connectivity index (χ4v) is 1.74. The van der Waals surface area contributed by atoms with Crippen molar-refractivity contribution >= 4 is 23.0 Å². The standard InChI is InChI=1S/C9H13NO2S/c1-3-4-12-9(11)8-7(10)6(2)5-13-8/h5H,3-4,10H2,1-2H3. The highest BCUT2D eigenvalue weighted by Gasteiger charge is 2.14. The van der Waals surface area contributed by atoms with E-state index in [9.17, 15) is 4.79 Å². The van der Waals surface area contributed by atoms with Crippen molar-refractivity contribution in [2.24, 2.45) is 0 Å². The predicted octanol–water partition coefficient (Wildman–Crippen LogP) is 2.21. The van der Waals surface area contributed by atoms with Crippen LogP contribution in [-0.4, -0.2) is 12.6 Å². The Morgan fingerprint density at radius 2 is 2.38 bits per heavy atom. The average molecular weight is 199 g/mol. The number of aryl methyl sites for hydroxylation is 1. The van der Waals surface area contributed by atoms with Crippen molar-refractivity contribution in [1.29, 1.82) is 0 Å². The molecule has 1 rings (SSSR count). The van der Waals surface area contributed by atoms with E-state index in [0.29, 0.717) is 17.2 Å². The first kappa shape index (κ1) is 10.1. The lowest BCUT2D eigenvalue weighted by Gasteiger charge is -2.01. The first-order valence-corrected chi connectivity index (χ1v) is 5.05. The van der Waals surface area contributed by atoms with Crippen LogP contribution in [0.5, 0.6) is 0 Å². The third-order valence-corrected chi connectivity index (χ3v) is 2.74. The van der Waals surface area contributed by atoms with Crippen molar-refractivity contribution in [2.75, 3.05) is 12.3 Å². The van der Waals surface area contributed by atoms with E-state index in [0.717, 1.165) is 12.0 Å². The number of rotatable bonds is 3. The summed E-state index contributed by atoms with van der Waals surface area (Å²) < 4.78 is 4.96. The van der Waals surface area contributed by atoms with Crippen LogP contribution in [0.2, 0.25) is 0 Å². The Morgan fingerprint density at radius 3 is 2.85 bits per heavy atom. The molecule has 0 radical (unpaired) electrons. The lowest BCUT2D eigenvalue weighted by Crippen LogP contribution is -2.06. The van der Waals surface area contributed by atoms with Crippen molar-refractivity contribution in [3.63, 3.8) is 0 Å². The van der Waals surface area contributed by atoms with Gasteiger partial charge >= 0.3 is 5.97 Å². The molecule has 0 aromatic carbocycles. The molecule has 72 valence electrons. The van der Waals surface area contributed by atoms with Crippen LogP contribution >= 0.6 is 11.3 Å². The molecule has 1 aromatic heterocycles. The van der Waals surface area contributed by atoms with Crippen molar-refractivity contribution in [2.45, 2.75) is 20.3 Å². The topological polar surface area (TPSA) is 52.3 Å². The molecule has 0 amide bonds. The Balaban J connectivity index is 2.71. The lowest BCUT2D eigenvalue weighted by atomic mass is 10.3. The normalized spacial score (nSPS) is 10.0. The minimum Gasteiger partial charge on any atom is -0.461 e. The summed E-state index contributed by atoms with van der Waals surface area (Å²) in [6, 6.07) is 0. The zero-order valence-corrected chi connectivity index (χ0v) is 8.61. The van der Waals surface area contributed by atoms with Gasteiger partial charge in [-0.3, -0.25) is 0 Å². The molecule has 0 aliphatic rings. The third-order valence-electron chi connectivity index (χ3n) is 1.65. The largest absolute Gasteiger partial charge is 0.461 e. The Hall–Kier alpha value is -1.03. The summed E-state index contributed by atoms with van der Waals surface area (Å²) in [6.45, 7) is 4.29. The third kappa shape index (κ3) is 2.21. The molecule has 0 saturated heterocycles. The van der Waals surface area contributed by atoms with Gasteiger partial charge in [0.1, 0.15) is 4.88 Å². The summed E-state index contributed by atoms with van der Waals surface area (Å²) in [4.78, 5) is 11.9. The van der Waals surface area contributed by atoms with Gasteiger partial charge in [-0.25, -0.2) is 4.79 Å². The molecule has 0 fully saturated rings. The van der Waals surface area contributed by atoms with Gasteiger partial charge in [0.2, 0.25) is 0 Å². The number of nitrogens with two attached hydrogens (primary N) is 1. The molecule has 0 unspecified atom stereocenters. The van der Waals surface area contributed by atoms with Crippen LogP contribution in [0, 0.1) is 6.92 Å². The fraction of sp³-hybridized carbons (Fsp3) is 0.444. The van der Waals surface area contributed by atoms with Gasteiger partial charge < -0.3 is 10.5 Å². The molecule has 1 heterocycles. The number of ether oxygens (including phenoxy) is 1. The second kappa shape index (κ2) is 4.28. The average Bonchev–Trinajstić information content (AvgIpc) is 2.44. The highest BCUT2D eigenvalue weighted by molar-refractivity contribution is 7.12. The first-order chi connectivity index (χ1) is 6.16. The van der Waals surface area contributed by atoms with Gasteiger partial charge in [0.15, 0.2) is 0 Å². The molecule has 0 saturated carbocycles. The Kier molecular flexibility index (Phi) is 3.31. The number of thiophene rings is 1. The van der Waals surface area contributed by atoms with Gasteiger partial charge in [-0.05, 0) is 24.3 Å². The van der Waals surface area contributed by atoms with Gasteiger partial charge in [0.05, 0.1) is 12.3 Å². The van der Waals surface area contributed by atoms with E-state index in [4.69, 9.17) is 10.5 Å². The zero-order chi connectivity index (χ0) is 9.84. The summed E-state index contributed by atoms with van der Waals surface area (Å²) in [5, 5.41) is 1.86. The summed E-state index contributed by atoms with van der Waals surface area (Å²) in [5.74, 6) is -0.308. The van der Waals surface area contributed by atoms with Gasteiger partial charge in [0, 0.05) is 0 Å². The van der Waals surface area contributed by atoms with Crippen LogP contribution in [0.3, 0.4) is 0 Å². The quantitative estimate of drug-likeness (QED) is 0.759. The van der Waals surface area contributed by atoms with E-state index in [1.165, 1.54) is 11.3 Å². The molecular formula is C9H13NO2S. The smallest absolute Gasteiger partial charge is 0.350 e. The number of hydrogen-bond acceptors (Lipinski definition) is 4. The van der Waals surface area contributed by atoms with E-state index in [2.05, 4.69) is 0 Å². The fourth-order valence-electron chi connectivity index (χ4n) is 0.872. The molecule has 4 heteroatoms. The number of esters is 1. The Bertz CT molecular complexity index is 307. The zero-order valence-electron chi connectivity index (χ0n) is 7.79. The molecule has 0 atom stereocenters. The van der Waals surface area contributed by atoms with E-state index in [1.807, 2.05) is 19.2 Å². The van der Waals surface area contributed by atoms with E-state index < -0.39 is 0 Å². The number of anilines is 1. The SMILES string of the molecule is CCCOC(=O)c1scc(C)c1N. The molecule has 0 spiro atoms. The van der Waals surface area contributed by atoms with Crippen LogP contribution in [0.25, 0.3) is 0 Å². The lowest BCUT2D eigenvalue weighted by molar-refractivity contribution is 0.0512. The van der Waals surface area contributed by atoms with E-state index in [1.54, 1.807) is 0 Å². The van der Waals surface area contributed by atoms with E-state index in [-0.39, 0.29) is 5.97 Å². The molecule has 13 heavy (non-hydrogen) atoms. The maximum Gasteiger partial charge on any atom is 0.350 e. The number of nitrogen functional groups attached to an aromatic ring is 1. The second-order valence-electron chi connectivity index (χ2n) is 2.80. The maximum absolute atomic E-state index is 11.3. The maximum atomic E-state index is 11.3. The minimum absolute atomic E-state index is 0.308. The molecule has 0 aliphatic carbocycles. The monoisotopic (exact) mass is 199 g/mol. The molecule has 0 bridgehead atoms. The second-order valence-corrected chi connectivity index (χ2v) is 3.68. The van der Waals surface area contributed by atoms with Crippen molar-refractivity contribution in [3.8, 4) is 0 Å². The first-order valence-electron chi connectivity index (χ1n) is 4.17. The molecule has 1 aromatic rings. The summed E-state index contributed by atoms with van der Waals surface area (Å²) in [5.41, 5.74) is 7.17. The predicted molar refractivity (Wildman–Crippen MR) is 54.0 cm³/mol. The summed E-state index contributed by atoms with van der Waals surface area (Å²) in [7, 11) is 0. The molecule has 2 N–H and O–H groups in total. The summed E-state index contributed by atoms with van der Waals surface area (Å²) >= 11 is 1.34. The highest BCUT2D eigenvalue weighted by atomic mass is 32.1. The number of carbonyl (C=O) groups excluding carboxylic acids is 1. The Morgan fingerprint density at radius 1 is 1.69 bits per heavy atom. The number of hydrogen-bond donors (Lipinski definition) is 1.